The van der Waals surface area contributed by atoms with Crippen molar-refractivity contribution in [1.82, 2.24) is 0 Å². The first-order valence-electron chi connectivity index (χ1n) is 3.79. The van der Waals surface area contributed by atoms with E-state index in [0.29, 0.717) is 5.92 Å². The Morgan fingerprint density at radius 3 is 3.10 bits per heavy atom. The van der Waals surface area contributed by atoms with E-state index in [1.165, 1.54) is 0 Å². The Balaban J connectivity index is 2.24. The summed E-state index contributed by atoms with van der Waals surface area (Å²) < 4.78 is 5.21. The summed E-state index contributed by atoms with van der Waals surface area (Å²) in [7, 11) is 0. The standard InChI is InChI=1S/C8H15NO/c1-2-3-8(9)7-4-5-10-6-7/h2,7-8H,1,3-6,9H2. The molecule has 1 heterocycles. The number of hydrogen-bond acceptors (Lipinski definition) is 2. The molecule has 1 aliphatic rings. The predicted molar refractivity (Wildman–Crippen MR) is 41.7 cm³/mol. The van der Waals surface area contributed by atoms with Crippen LogP contribution in [0, 0.1) is 5.92 Å². The van der Waals surface area contributed by atoms with Crippen molar-refractivity contribution in [3.8, 4) is 0 Å². The highest BCUT2D eigenvalue weighted by Crippen LogP contribution is 2.17. The van der Waals surface area contributed by atoms with Gasteiger partial charge in [0.05, 0.1) is 6.61 Å². The molecule has 2 atom stereocenters. The van der Waals surface area contributed by atoms with Crippen LogP contribution in [0.3, 0.4) is 0 Å². The highest BCUT2D eigenvalue weighted by molar-refractivity contribution is 4.82. The first-order valence-corrected chi connectivity index (χ1v) is 3.79. The van der Waals surface area contributed by atoms with Gasteiger partial charge in [0.2, 0.25) is 0 Å². The minimum absolute atomic E-state index is 0.264. The summed E-state index contributed by atoms with van der Waals surface area (Å²) >= 11 is 0. The summed E-state index contributed by atoms with van der Waals surface area (Å²) in [6.45, 7) is 5.38. The average molecular weight is 141 g/mol. The Hall–Kier alpha value is -0.340. The van der Waals surface area contributed by atoms with Gasteiger partial charge in [0.15, 0.2) is 0 Å². The molecule has 0 saturated carbocycles. The third-order valence-electron chi connectivity index (χ3n) is 2.01. The maximum atomic E-state index is 5.84. The normalized spacial score (nSPS) is 28.3. The quantitative estimate of drug-likeness (QED) is 0.593. The van der Waals surface area contributed by atoms with Crippen molar-refractivity contribution in [2.45, 2.75) is 18.9 Å². The molecule has 0 amide bonds. The molecule has 1 fully saturated rings. The van der Waals surface area contributed by atoms with Gasteiger partial charge < -0.3 is 10.5 Å². The molecule has 0 aromatic rings. The van der Waals surface area contributed by atoms with E-state index in [0.717, 1.165) is 26.1 Å². The zero-order chi connectivity index (χ0) is 7.40. The van der Waals surface area contributed by atoms with Crippen LogP contribution in [-0.2, 0) is 4.74 Å². The Bertz CT molecular complexity index is 108. The first kappa shape index (κ1) is 7.76. The highest BCUT2D eigenvalue weighted by Gasteiger charge is 2.21. The molecule has 0 aromatic heterocycles. The molecule has 0 spiro atoms. The minimum atomic E-state index is 0.264. The maximum Gasteiger partial charge on any atom is 0.0510 e. The van der Waals surface area contributed by atoms with Crippen LogP contribution in [-0.4, -0.2) is 19.3 Å². The summed E-state index contributed by atoms with van der Waals surface area (Å²) in [5.74, 6) is 0.568. The Morgan fingerprint density at radius 2 is 2.60 bits per heavy atom. The van der Waals surface area contributed by atoms with Crippen molar-refractivity contribution in [2.24, 2.45) is 11.7 Å². The SMILES string of the molecule is C=CCC(N)C1CCOC1. The molecule has 0 bridgehead atoms. The molecule has 2 unspecified atom stereocenters. The second kappa shape index (κ2) is 3.74. The van der Waals surface area contributed by atoms with Gasteiger partial charge in [-0.3, -0.25) is 0 Å². The Kier molecular flexibility index (Phi) is 2.90. The van der Waals surface area contributed by atoms with Crippen LogP contribution < -0.4 is 5.73 Å². The fourth-order valence-corrected chi connectivity index (χ4v) is 1.28. The van der Waals surface area contributed by atoms with E-state index in [4.69, 9.17) is 10.5 Å². The van der Waals surface area contributed by atoms with Crippen LogP contribution in [0.15, 0.2) is 12.7 Å². The van der Waals surface area contributed by atoms with Crippen molar-refractivity contribution in [1.29, 1.82) is 0 Å². The maximum absolute atomic E-state index is 5.84. The zero-order valence-corrected chi connectivity index (χ0v) is 6.25. The van der Waals surface area contributed by atoms with Crippen LogP contribution in [0.1, 0.15) is 12.8 Å². The fraction of sp³-hybridized carbons (Fsp3) is 0.750. The van der Waals surface area contributed by atoms with Crippen molar-refractivity contribution in [2.75, 3.05) is 13.2 Å². The van der Waals surface area contributed by atoms with Gasteiger partial charge in [0.25, 0.3) is 0 Å². The van der Waals surface area contributed by atoms with Gasteiger partial charge in [-0.2, -0.15) is 0 Å². The minimum Gasteiger partial charge on any atom is -0.381 e. The number of nitrogens with two attached hydrogens (primary N) is 1. The largest absolute Gasteiger partial charge is 0.381 e. The topological polar surface area (TPSA) is 35.2 Å². The summed E-state index contributed by atoms with van der Waals surface area (Å²) in [5, 5.41) is 0. The van der Waals surface area contributed by atoms with Crippen molar-refractivity contribution < 1.29 is 4.74 Å². The molecule has 2 heteroatoms. The molecule has 10 heavy (non-hydrogen) atoms. The van der Waals surface area contributed by atoms with Gasteiger partial charge in [0, 0.05) is 12.6 Å². The Labute approximate surface area is 62.1 Å². The lowest BCUT2D eigenvalue weighted by molar-refractivity contribution is 0.181. The molecule has 2 N–H and O–H groups in total. The van der Waals surface area contributed by atoms with E-state index in [9.17, 15) is 0 Å². The summed E-state index contributed by atoms with van der Waals surface area (Å²) in [6, 6.07) is 0.264. The summed E-state index contributed by atoms with van der Waals surface area (Å²) in [4.78, 5) is 0. The predicted octanol–water partition coefficient (Wildman–Crippen LogP) is 0.926. The van der Waals surface area contributed by atoms with Crippen LogP contribution in [0.5, 0.6) is 0 Å². The molecular weight excluding hydrogens is 126 g/mol. The number of rotatable bonds is 3. The zero-order valence-electron chi connectivity index (χ0n) is 6.25. The van der Waals surface area contributed by atoms with E-state index in [2.05, 4.69) is 6.58 Å². The molecule has 0 radical (unpaired) electrons. The monoisotopic (exact) mass is 141 g/mol. The second-order valence-corrected chi connectivity index (χ2v) is 2.81. The third kappa shape index (κ3) is 1.82. The Morgan fingerprint density at radius 1 is 1.80 bits per heavy atom. The van der Waals surface area contributed by atoms with E-state index in [1.54, 1.807) is 0 Å². The lowest BCUT2D eigenvalue weighted by Crippen LogP contribution is -2.29. The smallest absolute Gasteiger partial charge is 0.0510 e. The average Bonchev–Trinajstić information content (AvgIpc) is 2.38. The van der Waals surface area contributed by atoms with Crippen LogP contribution in [0.4, 0.5) is 0 Å². The molecular formula is C8H15NO. The van der Waals surface area contributed by atoms with Gasteiger partial charge in [-0.05, 0) is 18.8 Å². The van der Waals surface area contributed by atoms with Gasteiger partial charge in [-0.25, -0.2) is 0 Å². The van der Waals surface area contributed by atoms with Crippen LogP contribution in [0.2, 0.25) is 0 Å². The van der Waals surface area contributed by atoms with Gasteiger partial charge in [-0.15, -0.1) is 6.58 Å². The highest BCUT2D eigenvalue weighted by atomic mass is 16.5. The fourth-order valence-electron chi connectivity index (χ4n) is 1.28. The van der Waals surface area contributed by atoms with E-state index in [-0.39, 0.29) is 6.04 Å². The summed E-state index contributed by atoms with van der Waals surface area (Å²) in [5.41, 5.74) is 5.84. The number of ether oxygens (including phenoxy) is 1. The van der Waals surface area contributed by atoms with Crippen molar-refractivity contribution in [3.05, 3.63) is 12.7 Å². The molecule has 0 aromatic carbocycles. The van der Waals surface area contributed by atoms with E-state index >= 15 is 0 Å². The molecule has 1 rings (SSSR count). The molecule has 58 valence electrons. The lowest BCUT2D eigenvalue weighted by Gasteiger charge is -2.14. The molecule has 0 aliphatic carbocycles. The molecule has 2 nitrogen and oxygen atoms in total. The van der Waals surface area contributed by atoms with Crippen molar-refractivity contribution in [3.63, 3.8) is 0 Å². The van der Waals surface area contributed by atoms with Crippen LogP contribution in [0.25, 0.3) is 0 Å². The van der Waals surface area contributed by atoms with E-state index < -0.39 is 0 Å². The third-order valence-corrected chi connectivity index (χ3v) is 2.01. The van der Waals surface area contributed by atoms with Crippen LogP contribution >= 0.6 is 0 Å². The van der Waals surface area contributed by atoms with Gasteiger partial charge in [0.1, 0.15) is 0 Å². The first-order chi connectivity index (χ1) is 4.84. The second-order valence-electron chi connectivity index (χ2n) is 2.81. The summed E-state index contributed by atoms with van der Waals surface area (Å²) in [6.07, 6.45) is 3.91. The number of hydrogen-bond donors (Lipinski definition) is 1. The van der Waals surface area contributed by atoms with E-state index in [1.807, 2.05) is 6.08 Å². The van der Waals surface area contributed by atoms with Gasteiger partial charge in [-0.1, -0.05) is 6.08 Å². The van der Waals surface area contributed by atoms with Crippen molar-refractivity contribution >= 4 is 0 Å². The van der Waals surface area contributed by atoms with Gasteiger partial charge >= 0.3 is 0 Å². The molecule has 1 aliphatic heterocycles. The molecule has 1 saturated heterocycles. The lowest BCUT2D eigenvalue weighted by atomic mass is 9.97.